The van der Waals surface area contributed by atoms with Crippen LogP contribution in [0.2, 0.25) is 5.28 Å². The van der Waals surface area contributed by atoms with Crippen LogP contribution in [-0.2, 0) is 0 Å². The molecule has 3 nitrogen and oxygen atoms in total. The highest BCUT2D eigenvalue weighted by Gasteiger charge is 2.33. The Labute approximate surface area is 98.9 Å². The minimum Gasteiger partial charge on any atom is -0.366 e. The van der Waals surface area contributed by atoms with Gasteiger partial charge in [-0.3, -0.25) is 0 Å². The van der Waals surface area contributed by atoms with Gasteiger partial charge in [0, 0.05) is 11.4 Å². The van der Waals surface area contributed by atoms with Crippen molar-refractivity contribution in [2.75, 3.05) is 5.32 Å². The molecule has 4 heteroatoms. The molecule has 3 rings (SSSR count). The van der Waals surface area contributed by atoms with E-state index in [9.17, 15) is 0 Å². The second-order valence-corrected chi connectivity index (χ2v) is 4.66. The second kappa shape index (κ2) is 3.59. The molecule has 0 aliphatic heterocycles. The Hall–Kier alpha value is -1.35. The number of hydrogen-bond acceptors (Lipinski definition) is 3. The van der Waals surface area contributed by atoms with Gasteiger partial charge in [-0.05, 0) is 36.1 Å². The van der Waals surface area contributed by atoms with Crippen molar-refractivity contribution in [3.8, 4) is 0 Å². The molecule has 0 spiro atoms. The molecule has 2 atom stereocenters. The van der Waals surface area contributed by atoms with E-state index < -0.39 is 0 Å². The lowest BCUT2D eigenvalue weighted by atomic mass is 10.2. The standard InChI is InChI=1S/C12H12ClN3/c1-7-6-10(7)14-11-8-4-2-3-5-9(8)15-12(13)16-11/h2-5,7,10H,6H2,1H3,(H,14,15,16). The largest absolute Gasteiger partial charge is 0.366 e. The average Bonchev–Trinajstić information content (AvgIpc) is 2.94. The summed E-state index contributed by atoms with van der Waals surface area (Å²) in [5.41, 5.74) is 0.887. The van der Waals surface area contributed by atoms with Gasteiger partial charge in [-0.15, -0.1) is 0 Å². The summed E-state index contributed by atoms with van der Waals surface area (Å²) < 4.78 is 0. The molecule has 1 aromatic carbocycles. The molecular formula is C12H12ClN3. The summed E-state index contributed by atoms with van der Waals surface area (Å²) in [7, 11) is 0. The molecule has 0 bridgehead atoms. The fraction of sp³-hybridized carbons (Fsp3) is 0.333. The first-order valence-corrected chi connectivity index (χ1v) is 5.80. The third kappa shape index (κ3) is 1.71. The molecule has 16 heavy (non-hydrogen) atoms. The summed E-state index contributed by atoms with van der Waals surface area (Å²) in [5, 5.41) is 4.75. The lowest BCUT2D eigenvalue weighted by Gasteiger charge is -2.07. The molecule has 1 aromatic heterocycles. The predicted octanol–water partition coefficient (Wildman–Crippen LogP) is 3.10. The van der Waals surface area contributed by atoms with Gasteiger partial charge in [0.2, 0.25) is 5.28 Å². The number of para-hydroxylation sites is 1. The van der Waals surface area contributed by atoms with E-state index in [-0.39, 0.29) is 0 Å². The summed E-state index contributed by atoms with van der Waals surface area (Å²) in [4.78, 5) is 8.46. The number of halogens is 1. The lowest BCUT2D eigenvalue weighted by molar-refractivity contribution is 0.924. The van der Waals surface area contributed by atoms with Crippen molar-refractivity contribution in [3.05, 3.63) is 29.5 Å². The van der Waals surface area contributed by atoms with Crippen molar-refractivity contribution in [3.63, 3.8) is 0 Å². The Kier molecular flexibility index (Phi) is 2.21. The van der Waals surface area contributed by atoms with Crippen molar-refractivity contribution in [2.24, 2.45) is 5.92 Å². The number of anilines is 1. The van der Waals surface area contributed by atoms with Gasteiger partial charge in [0.25, 0.3) is 0 Å². The SMILES string of the molecule is CC1CC1Nc1nc(Cl)nc2ccccc12. The second-order valence-electron chi connectivity index (χ2n) is 4.32. The van der Waals surface area contributed by atoms with Crippen LogP contribution in [0, 0.1) is 5.92 Å². The number of nitrogens with zero attached hydrogens (tertiary/aromatic N) is 2. The molecule has 1 aliphatic rings. The zero-order valence-electron chi connectivity index (χ0n) is 8.94. The van der Waals surface area contributed by atoms with Crippen LogP contribution >= 0.6 is 11.6 Å². The molecule has 82 valence electrons. The molecule has 1 aliphatic carbocycles. The van der Waals surface area contributed by atoms with Crippen LogP contribution in [0.25, 0.3) is 10.9 Å². The van der Waals surface area contributed by atoms with Gasteiger partial charge < -0.3 is 5.32 Å². The van der Waals surface area contributed by atoms with Crippen molar-refractivity contribution in [1.82, 2.24) is 9.97 Å². The third-order valence-electron chi connectivity index (χ3n) is 3.01. The minimum absolute atomic E-state index is 0.300. The van der Waals surface area contributed by atoms with E-state index in [2.05, 4.69) is 22.2 Å². The van der Waals surface area contributed by atoms with Crippen molar-refractivity contribution in [1.29, 1.82) is 0 Å². The van der Waals surface area contributed by atoms with E-state index in [1.165, 1.54) is 6.42 Å². The first kappa shape index (κ1) is 9.85. The van der Waals surface area contributed by atoms with E-state index in [0.29, 0.717) is 11.3 Å². The maximum Gasteiger partial charge on any atom is 0.224 e. The fourth-order valence-electron chi connectivity index (χ4n) is 1.86. The highest BCUT2D eigenvalue weighted by molar-refractivity contribution is 6.28. The molecule has 2 unspecified atom stereocenters. The molecule has 1 N–H and O–H groups in total. The normalized spacial score (nSPS) is 23.4. The molecular weight excluding hydrogens is 222 g/mol. The van der Waals surface area contributed by atoms with E-state index >= 15 is 0 Å². The van der Waals surface area contributed by atoms with Gasteiger partial charge in [-0.1, -0.05) is 19.1 Å². The molecule has 1 fully saturated rings. The number of aromatic nitrogens is 2. The quantitative estimate of drug-likeness (QED) is 0.810. The highest BCUT2D eigenvalue weighted by Crippen LogP contribution is 2.34. The van der Waals surface area contributed by atoms with Gasteiger partial charge in [-0.2, -0.15) is 0 Å². The average molecular weight is 234 g/mol. The Balaban J connectivity index is 2.07. The summed E-state index contributed by atoms with van der Waals surface area (Å²) in [6.07, 6.45) is 1.20. The molecule has 1 heterocycles. The van der Waals surface area contributed by atoms with E-state index in [1.54, 1.807) is 0 Å². The van der Waals surface area contributed by atoms with E-state index in [1.807, 2.05) is 24.3 Å². The Bertz CT molecular complexity index is 541. The first-order valence-electron chi connectivity index (χ1n) is 5.43. The van der Waals surface area contributed by atoms with Gasteiger partial charge in [0.05, 0.1) is 5.52 Å². The number of nitrogens with one attached hydrogen (secondary N) is 1. The molecule has 0 amide bonds. The van der Waals surface area contributed by atoms with Crippen LogP contribution in [0.3, 0.4) is 0 Å². The minimum atomic E-state index is 0.300. The Morgan fingerprint density at radius 3 is 2.81 bits per heavy atom. The molecule has 1 saturated carbocycles. The van der Waals surface area contributed by atoms with Gasteiger partial charge in [0.1, 0.15) is 5.82 Å². The van der Waals surface area contributed by atoms with Gasteiger partial charge in [-0.25, -0.2) is 9.97 Å². The number of rotatable bonds is 2. The number of hydrogen-bond donors (Lipinski definition) is 1. The fourth-order valence-corrected chi connectivity index (χ4v) is 2.03. The summed E-state index contributed by atoms with van der Waals surface area (Å²) in [6.45, 7) is 2.22. The smallest absolute Gasteiger partial charge is 0.224 e. The van der Waals surface area contributed by atoms with E-state index in [0.717, 1.165) is 22.6 Å². The topological polar surface area (TPSA) is 37.8 Å². The van der Waals surface area contributed by atoms with Crippen LogP contribution in [0.15, 0.2) is 24.3 Å². The van der Waals surface area contributed by atoms with Crippen LogP contribution in [0.1, 0.15) is 13.3 Å². The van der Waals surface area contributed by atoms with Crippen LogP contribution in [0.5, 0.6) is 0 Å². The zero-order valence-corrected chi connectivity index (χ0v) is 9.70. The zero-order chi connectivity index (χ0) is 11.1. The number of fused-ring (bicyclic) bond motifs is 1. The predicted molar refractivity (Wildman–Crippen MR) is 65.7 cm³/mol. The Morgan fingerprint density at radius 2 is 2.06 bits per heavy atom. The monoisotopic (exact) mass is 233 g/mol. The molecule has 0 radical (unpaired) electrons. The summed E-state index contributed by atoms with van der Waals surface area (Å²) in [5.74, 6) is 1.58. The van der Waals surface area contributed by atoms with Crippen molar-refractivity contribution < 1.29 is 0 Å². The molecule has 2 aromatic rings. The highest BCUT2D eigenvalue weighted by atomic mass is 35.5. The van der Waals surface area contributed by atoms with Gasteiger partial charge >= 0.3 is 0 Å². The number of benzene rings is 1. The maximum atomic E-state index is 5.90. The summed E-state index contributed by atoms with van der Waals surface area (Å²) >= 11 is 5.90. The maximum absolute atomic E-state index is 5.90. The van der Waals surface area contributed by atoms with E-state index in [4.69, 9.17) is 11.6 Å². The third-order valence-corrected chi connectivity index (χ3v) is 3.18. The lowest BCUT2D eigenvalue weighted by Crippen LogP contribution is -2.06. The van der Waals surface area contributed by atoms with Crippen LogP contribution in [-0.4, -0.2) is 16.0 Å². The Morgan fingerprint density at radius 1 is 1.31 bits per heavy atom. The van der Waals surface area contributed by atoms with Crippen LogP contribution in [0.4, 0.5) is 5.82 Å². The molecule has 0 saturated heterocycles. The van der Waals surface area contributed by atoms with Crippen LogP contribution < -0.4 is 5.32 Å². The first-order chi connectivity index (χ1) is 7.74. The van der Waals surface area contributed by atoms with Gasteiger partial charge in [0.15, 0.2) is 0 Å². The van der Waals surface area contributed by atoms with Crippen molar-refractivity contribution >= 4 is 28.3 Å². The summed E-state index contributed by atoms with van der Waals surface area (Å²) in [6, 6.07) is 8.44. The van der Waals surface area contributed by atoms with Crippen molar-refractivity contribution in [2.45, 2.75) is 19.4 Å².